The molecule has 0 radical (unpaired) electrons. The Labute approximate surface area is 108 Å². The van der Waals surface area contributed by atoms with Gasteiger partial charge in [0.25, 0.3) is 0 Å². The third-order valence-corrected chi connectivity index (χ3v) is 2.96. The fourth-order valence-corrected chi connectivity index (χ4v) is 1.89. The number of aryl methyl sites for hydroxylation is 1. The number of nitrogens with one attached hydrogen (secondary N) is 1. The molecule has 0 atom stereocenters. The molecular weight excluding hydrogens is 224 g/mol. The molecule has 1 aromatic heterocycles. The van der Waals surface area contributed by atoms with Gasteiger partial charge in [0.15, 0.2) is 5.82 Å². The van der Waals surface area contributed by atoms with Crippen LogP contribution in [0, 0.1) is 0 Å². The fraction of sp³-hybridized carbons (Fsp3) is 0.429. The van der Waals surface area contributed by atoms with Crippen LogP contribution in [0.15, 0.2) is 30.6 Å². The molecule has 1 N–H and O–H groups in total. The Morgan fingerprint density at radius 1 is 1.17 bits per heavy atom. The number of aromatic nitrogens is 3. The van der Waals surface area contributed by atoms with Crippen molar-refractivity contribution < 1.29 is 0 Å². The molecule has 4 nitrogen and oxygen atoms in total. The number of hydrogen-bond acceptors (Lipinski definition) is 3. The maximum absolute atomic E-state index is 4.09. The first-order valence-corrected chi connectivity index (χ1v) is 6.49. The summed E-state index contributed by atoms with van der Waals surface area (Å²) in [6.45, 7) is 3.26. The summed E-state index contributed by atoms with van der Waals surface area (Å²) in [6.07, 6.45) is 5.48. The Kier molecular flexibility index (Phi) is 4.34. The van der Waals surface area contributed by atoms with Crippen LogP contribution in [-0.4, -0.2) is 21.3 Å². The highest BCUT2D eigenvalue weighted by Crippen LogP contribution is 2.18. The van der Waals surface area contributed by atoms with Crippen LogP contribution in [0.25, 0.3) is 11.4 Å². The summed E-state index contributed by atoms with van der Waals surface area (Å²) in [5.41, 5.74) is 2.26. The monoisotopic (exact) mass is 244 g/mol. The average Bonchev–Trinajstić information content (AvgIpc) is 2.82. The molecule has 0 unspecified atom stereocenters. The molecule has 0 saturated heterocycles. The molecule has 96 valence electrons. The Morgan fingerprint density at radius 3 is 2.56 bits per heavy atom. The van der Waals surface area contributed by atoms with Gasteiger partial charge in [0.05, 0.1) is 0 Å². The quantitative estimate of drug-likeness (QED) is 0.794. The van der Waals surface area contributed by atoms with E-state index in [1.54, 1.807) is 6.33 Å². The molecule has 0 fully saturated rings. The maximum Gasteiger partial charge on any atom is 0.163 e. The summed E-state index contributed by atoms with van der Waals surface area (Å²) in [4.78, 5) is 0. The summed E-state index contributed by atoms with van der Waals surface area (Å²) in [5.74, 6) is 0.896. The van der Waals surface area contributed by atoms with Gasteiger partial charge in [-0.2, -0.15) is 0 Å². The second-order valence-corrected chi connectivity index (χ2v) is 4.48. The van der Waals surface area contributed by atoms with E-state index in [1.165, 1.54) is 19.3 Å². The molecule has 0 spiro atoms. The second kappa shape index (κ2) is 6.19. The zero-order chi connectivity index (χ0) is 12.8. The van der Waals surface area contributed by atoms with E-state index in [0.29, 0.717) is 0 Å². The van der Waals surface area contributed by atoms with E-state index in [2.05, 4.69) is 46.7 Å². The summed E-state index contributed by atoms with van der Waals surface area (Å²) < 4.78 is 1.92. The highest BCUT2D eigenvalue weighted by atomic mass is 15.2. The van der Waals surface area contributed by atoms with Crippen LogP contribution in [0.2, 0.25) is 0 Å². The number of rotatable bonds is 6. The van der Waals surface area contributed by atoms with E-state index in [1.807, 2.05) is 11.6 Å². The maximum atomic E-state index is 4.09. The lowest BCUT2D eigenvalue weighted by Crippen LogP contribution is -2.01. The van der Waals surface area contributed by atoms with E-state index in [4.69, 9.17) is 0 Å². The summed E-state index contributed by atoms with van der Waals surface area (Å²) >= 11 is 0. The highest BCUT2D eigenvalue weighted by Gasteiger charge is 2.03. The van der Waals surface area contributed by atoms with Gasteiger partial charge in [-0.3, -0.25) is 0 Å². The molecule has 1 aromatic carbocycles. The lowest BCUT2D eigenvalue weighted by Gasteiger charge is -2.07. The molecular formula is C14H20N4. The van der Waals surface area contributed by atoms with Crippen molar-refractivity contribution >= 4 is 5.69 Å². The summed E-state index contributed by atoms with van der Waals surface area (Å²) in [5, 5.41) is 11.4. The molecule has 0 aliphatic heterocycles. The molecule has 1 heterocycles. The topological polar surface area (TPSA) is 42.7 Å². The Morgan fingerprint density at radius 2 is 1.94 bits per heavy atom. The van der Waals surface area contributed by atoms with Crippen molar-refractivity contribution in [1.29, 1.82) is 0 Å². The van der Waals surface area contributed by atoms with Gasteiger partial charge in [0.2, 0.25) is 0 Å². The van der Waals surface area contributed by atoms with Crippen molar-refractivity contribution in [3.63, 3.8) is 0 Å². The summed E-state index contributed by atoms with van der Waals surface area (Å²) in [6, 6.07) is 8.34. The third kappa shape index (κ3) is 3.09. The van der Waals surface area contributed by atoms with Crippen LogP contribution in [0.1, 0.15) is 26.2 Å². The predicted molar refractivity (Wildman–Crippen MR) is 74.5 cm³/mol. The lowest BCUT2D eigenvalue weighted by molar-refractivity contribution is 0.744. The minimum Gasteiger partial charge on any atom is -0.385 e. The average molecular weight is 244 g/mol. The van der Waals surface area contributed by atoms with E-state index < -0.39 is 0 Å². The van der Waals surface area contributed by atoms with E-state index >= 15 is 0 Å². The van der Waals surface area contributed by atoms with Crippen molar-refractivity contribution in [2.24, 2.45) is 7.05 Å². The zero-order valence-corrected chi connectivity index (χ0v) is 11.1. The normalized spacial score (nSPS) is 10.6. The van der Waals surface area contributed by atoms with Gasteiger partial charge in [-0.25, -0.2) is 0 Å². The van der Waals surface area contributed by atoms with E-state index in [-0.39, 0.29) is 0 Å². The SMILES string of the molecule is CCCCCNc1ccc(-c2nncn2C)cc1. The van der Waals surface area contributed by atoms with Crippen molar-refractivity contribution in [3.05, 3.63) is 30.6 Å². The number of anilines is 1. The second-order valence-electron chi connectivity index (χ2n) is 4.48. The first kappa shape index (κ1) is 12.6. The van der Waals surface area contributed by atoms with Gasteiger partial charge in [0, 0.05) is 24.8 Å². The van der Waals surface area contributed by atoms with Gasteiger partial charge in [-0.05, 0) is 30.7 Å². The van der Waals surface area contributed by atoms with Crippen molar-refractivity contribution in [3.8, 4) is 11.4 Å². The highest BCUT2D eigenvalue weighted by molar-refractivity contribution is 5.59. The van der Waals surface area contributed by atoms with Crippen molar-refractivity contribution in [2.45, 2.75) is 26.2 Å². The zero-order valence-electron chi connectivity index (χ0n) is 11.1. The minimum absolute atomic E-state index is 0.896. The third-order valence-electron chi connectivity index (χ3n) is 2.96. The largest absolute Gasteiger partial charge is 0.385 e. The minimum atomic E-state index is 0.896. The smallest absolute Gasteiger partial charge is 0.163 e. The first-order valence-electron chi connectivity index (χ1n) is 6.49. The Bertz CT molecular complexity index is 473. The van der Waals surface area contributed by atoms with Gasteiger partial charge in [-0.15, -0.1) is 10.2 Å². The van der Waals surface area contributed by atoms with Crippen LogP contribution in [-0.2, 0) is 7.05 Å². The molecule has 0 saturated carbocycles. The van der Waals surface area contributed by atoms with Crippen LogP contribution in [0.5, 0.6) is 0 Å². The van der Waals surface area contributed by atoms with Crippen molar-refractivity contribution in [2.75, 3.05) is 11.9 Å². The molecule has 0 aliphatic rings. The molecule has 0 aliphatic carbocycles. The van der Waals surface area contributed by atoms with E-state index in [9.17, 15) is 0 Å². The number of benzene rings is 1. The lowest BCUT2D eigenvalue weighted by atomic mass is 10.2. The number of unbranched alkanes of at least 4 members (excludes halogenated alkanes) is 2. The Balaban J connectivity index is 1.96. The molecule has 4 heteroatoms. The summed E-state index contributed by atoms with van der Waals surface area (Å²) in [7, 11) is 1.95. The van der Waals surface area contributed by atoms with Gasteiger partial charge < -0.3 is 9.88 Å². The molecule has 0 bridgehead atoms. The standard InChI is InChI=1S/C14H20N4/c1-3-4-5-10-15-13-8-6-12(7-9-13)14-17-16-11-18(14)2/h6-9,11,15H,3-5,10H2,1-2H3. The van der Waals surface area contributed by atoms with E-state index in [0.717, 1.165) is 23.6 Å². The van der Waals surface area contributed by atoms with Crippen LogP contribution < -0.4 is 5.32 Å². The van der Waals surface area contributed by atoms with Crippen LogP contribution in [0.4, 0.5) is 5.69 Å². The Hall–Kier alpha value is -1.84. The van der Waals surface area contributed by atoms with Crippen LogP contribution >= 0.6 is 0 Å². The molecule has 2 rings (SSSR count). The fourth-order valence-electron chi connectivity index (χ4n) is 1.89. The number of hydrogen-bond donors (Lipinski definition) is 1. The van der Waals surface area contributed by atoms with Crippen molar-refractivity contribution in [1.82, 2.24) is 14.8 Å². The van der Waals surface area contributed by atoms with Gasteiger partial charge in [0.1, 0.15) is 6.33 Å². The molecule has 2 aromatic rings. The molecule has 18 heavy (non-hydrogen) atoms. The van der Waals surface area contributed by atoms with Crippen LogP contribution in [0.3, 0.4) is 0 Å². The first-order chi connectivity index (χ1) is 8.81. The number of nitrogens with zero attached hydrogens (tertiary/aromatic N) is 3. The van der Waals surface area contributed by atoms with Gasteiger partial charge in [-0.1, -0.05) is 19.8 Å². The molecule has 0 amide bonds. The predicted octanol–water partition coefficient (Wildman–Crippen LogP) is 3.08. The van der Waals surface area contributed by atoms with Gasteiger partial charge >= 0.3 is 0 Å².